The summed E-state index contributed by atoms with van der Waals surface area (Å²) in [6, 6.07) is 10.3. The number of ether oxygens (including phenoxy) is 1. The highest BCUT2D eigenvalue weighted by Crippen LogP contribution is 2.31. The van der Waals surface area contributed by atoms with Crippen LogP contribution in [0.15, 0.2) is 35.4 Å². The smallest absolute Gasteiger partial charge is 0.354 e. The molecule has 1 atom stereocenters. The van der Waals surface area contributed by atoms with Crippen molar-refractivity contribution < 1.29 is 9.53 Å². The van der Waals surface area contributed by atoms with Crippen LogP contribution in [-0.4, -0.2) is 29.8 Å². The number of esters is 1. The van der Waals surface area contributed by atoms with Crippen LogP contribution in [0.3, 0.4) is 0 Å². The first kappa shape index (κ1) is 14.6. The Morgan fingerprint density at radius 3 is 2.70 bits per heavy atom. The predicted molar refractivity (Wildman–Crippen MR) is 79.4 cm³/mol. The van der Waals surface area contributed by atoms with Crippen molar-refractivity contribution in [2.45, 2.75) is 33.2 Å². The summed E-state index contributed by atoms with van der Waals surface area (Å²) in [6.45, 7) is 7.34. The lowest BCUT2D eigenvalue weighted by molar-refractivity contribution is -0.135. The first-order valence-electron chi connectivity index (χ1n) is 7.18. The van der Waals surface area contributed by atoms with Crippen molar-refractivity contribution in [1.29, 1.82) is 0 Å². The van der Waals surface area contributed by atoms with Gasteiger partial charge in [0.15, 0.2) is 0 Å². The standard InChI is InChI=1S/C16H22N2O2/c1-4-20-16(19)14-10-15(13-8-6-5-7-9-13)18(17-14)11-12(2)3/h5-9,12,15H,4,10-11H2,1-3H3. The number of hydrogen-bond donors (Lipinski definition) is 0. The van der Waals surface area contributed by atoms with Gasteiger partial charge in [-0.1, -0.05) is 44.2 Å². The van der Waals surface area contributed by atoms with Crippen LogP contribution in [0.5, 0.6) is 0 Å². The highest BCUT2D eigenvalue weighted by atomic mass is 16.5. The van der Waals surface area contributed by atoms with E-state index in [4.69, 9.17) is 4.74 Å². The Hall–Kier alpha value is -1.84. The van der Waals surface area contributed by atoms with Crippen molar-refractivity contribution in [3.63, 3.8) is 0 Å². The maximum atomic E-state index is 11.9. The number of rotatable bonds is 5. The van der Waals surface area contributed by atoms with E-state index in [0.29, 0.717) is 24.7 Å². The minimum Gasteiger partial charge on any atom is -0.461 e. The van der Waals surface area contributed by atoms with Gasteiger partial charge in [-0.05, 0) is 18.4 Å². The molecular formula is C16H22N2O2. The van der Waals surface area contributed by atoms with Crippen LogP contribution >= 0.6 is 0 Å². The van der Waals surface area contributed by atoms with Crippen molar-refractivity contribution in [2.24, 2.45) is 11.0 Å². The molecule has 0 saturated heterocycles. The molecule has 0 aromatic heterocycles. The van der Waals surface area contributed by atoms with E-state index < -0.39 is 0 Å². The Kier molecular flexibility index (Phi) is 4.77. The Balaban J connectivity index is 2.18. The number of hydrazone groups is 1. The van der Waals surface area contributed by atoms with Crippen molar-refractivity contribution in [3.05, 3.63) is 35.9 Å². The number of carbonyl (C=O) groups is 1. The van der Waals surface area contributed by atoms with Gasteiger partial charge in [0.05, 0.1) is 12.6 Å². The normalized spacial score (nSPS) is 18.3. The molecule has 0 saturated carbocycles. The summed E-state index contributed by atoms with van der Waals surface area (Å²) >= 11 is 0. The summed E-state index contributed by atoms with van der Waals surface area (Å²) in [5.41, 5.74) is 1.72. The third-order valence-corrected chi connectivity index (χ3v) is 3.24. The van der Waals surface area contributed by atoms with Gasteiger partial charge < -0.3 is 4.74 Å². The molecule has 0 fully saturated rings. The van der Waals surface area contributed by atoms with Crippen LogP contribution in [-0.2, 0) is 9.53 Å². The quantitative estimate of drug-likeness (QED) is 0.775. The fraction of sp³-hybridized carbons (Fsp3) is 0.500. The SMILES string of the molecule is CCOC(=O)C1=NN(CC(C)C)C(c2ccccc2)C1. The zero-order valence-corrected chi connectivity index (χ0v) is 12.4. The molecule has 1 aliphatic heterocycles. The first-order valence-corrected chi connectivity index (χ1v) is 7.18. The number of carbonyl (C=O) groups excluding carboxylic acids is 1. The van der Waals surface area contributed by atoms with Crippen LogP contribution in [0, 0.1) is 5.92 Å². The summed E-state index contributed by atoms with van der Waals surface area (Å²) in [7, 11) is 0. The lowest BCUT2D eigenvalue weighted by Gasteiger charge is -2.25. The van der Waals surface area contributed by atoms with Gasteiger partial charge in [-0.3, -0.25) is 5.01 Å². The maximum absolute atomic E-state index is 11.9. The summed E-state index contributed by atoms with van der Waals surface area (Å²) < 4.78 is 5.07. The molecule has 1 aliphatic rings. The molecule has 2 rings (SSSR count). The summed E-state index contributed by atoms with van der Waals surface area (Å²) in [6.07, 6.45) is 0.621. The minimum atomic E-state index is -0.292. The average Bonchev–Trinajstić information content (AvgIpc) is 2.83. The van der Waals surface area contributed by atoms with Crippen LogP contribution in [0.25, 0.3) is 0 Å². The van der Waals surface area contributed by atoms with Gasteiger partial charge in [0.2, 0.25) is 0 Å². The fourth-order valence-corrected chi connectivity index (χ4v) is 2.40. The highest BCUT2D eigenvalue weighted by molar-refractivity contribution is 6.36. The number of hydrogen-bond acceptors (Lipinski definition) is 4. The van der Waals surface area contributed by atoms with E-state index in [0.717, 1.165) is 6.54 Å². The fourth-order valence-electron chi connectivity index (χ4n) is 2.40. The van der Waals surface area contributed by atoms with E-state index in [-0.39, 0.29) is 12.0 Å². The Morgan fingerprint density at radius 2 is 2.10 bits per heavy atom. The van der Waals surface area contributed by atoms with E-state index in [2.05, 4.69) is 31.1 Å². The van der Waals surface area contributed by atoms with E-state index in [1.54, 1.807) is 0 Å². The zero-order valence-electron chi connectivity index (χ0n) is 12.4. The Bertz CT molecular complexity index is 483. The molecule has 1 aromatic carbocycles. The molecule has 0 bridgehead atoms. The molecule has 1 unspecified atom stereocenters. The summed E-state index contributed by atoms with van der Waals surface area (Å²) in [5.74, 6) is 0.200. The molecule has 1 aromatic rings. The third kappa shape index (κ3) is 3.38. The number of benzene rings is 1. The summed E-state index contributed by atoms with van der Waals surface area (Å²) in [4.78, 5) is 11.9. The topological polar surface area (TPSA) is 41.9 Å². The van der Waals surface area contributed by atoms with Crippen molar-refractivity contribution in [1.82, 2.24) is 5.01 Å². The van der Waals surface area contributed by atoms with Gasteiger partial charge in [0.1, 0.15) is 5.71 Å². The molecule has 4 nitrogen and oxygen atoms in total. The monoisotopic (exact) mass is 274 g/mol. The van der Waals surface area contributed by atoms with E-state index in [1.165, 1.54) is 5.56 Å². The van der Waals surface area contributed by atoms with Crippen LogP contribution < -0.4 is 0 Å². The number of nitrogens with zero attached hydrogens (tertiary/aromatic N) is 2. The Labute approximate surface area is 120 Å². The van der Waals surface area contributed by atoms with Crippen LogP contribution in [0.2, 0.25) is 0 Å². The van der Waals surface area contributed by atoms with Gasteiger partial charge in [-0.25, -0.2) is 4.79 Å². The van der Waals surface area contributed by atoms with Crippen LogP contribution in [0.1, 0.15) is 38.8 Å². The molecule has 0 radical (unpaired) electrons. The second kappa shape index (κ2) is 6.55. The van der Waals surface area contributed by atoms with Gasteiger partial charge in [-0.2, -0.15) is 5.10 Å². The lowest BCUT2D eigenvalue weighted by Crippen LogP contribution is -2.23. The molecular weight excluding hydrogens is 252 g/mol. The molecule has 0 amide bonds. The molecule has 108 valence electrons. The van der Waals surface area contributed by atoms with Gasteiger partial charge in [-0.15, -0.1) is 0 Å². The van der Waals surface area contributed by atoms with E-state index in [1.807, 2.05) is 30.1 Å². The largest absolute Gasteiger partial charge is 0.461 e. The zero-order chi connectivity index (χ0) is 14.5. The third-order valence-electron chi connectivity index (χ3n) is 3.24. The maximum Gasteiger partial charge on any atom is 0.354 e. The van der Waals surface area contributed by atoms with Gasteiger partial charge >= 0.3 is 5.97 Å². The minimum absolute atomic E-state index is 0.137. The van der Waals surface area contributed by atoms with Crippen molar-refractivity contribution in [2.75, 3.05) is 13.2 Å². The predicted octanol–water partition coefficient (Wildman–Crippen LogP) is 3.01. The molecule has 0 spiro atoms. The second-order valence-electron chi connectivity index (χ2n) is 5.41. The van der Waals surface area contributed by atoms with Gasteiger partial charge in [0, 0.05) is 13.0 Å². The molecule has 0 aliphatic carbocycles. The summed E-state index contributed by atoms with van der Waals surface area (Å²) in [5, 5.41) is 6.50. The molecule has 4 heteroatoms. The average molecular weight is 274 g/mol. The highest BCUT2D eigenvalue weighted by Gasteiger charge is 2.32. The molecule has 20 heavy (non-hydrogen) atoms. The molecule has 0 N–H and O–H groups in total. The van der Waals surface area contributed by atoms with Crippen molar-refractivity contribution in [3.8, 4) is 0 Å². The van der Waals surface area contributed by atoms with Crippen molar-refractivity contribution >= 4 is 11.7 Å². The molecule has 1 heterocycles. The van der Waals surface area contributed by atoms with Gasteiger partial charge in [0.25, 0.3) is 0 Å². The Morgan fingerprint density at radius 1 is 1.40 bits per heavy atom. The van der Waals surface area contributed by atoms with E-state index >= 15 is 0 Å². The lowest BCUT2D eigenvalue weighted by atomic mass is 10.0. The second-order valence-corrected chi connectivity index (χ2v) is 5.41. The van der Waals surface area contributed by atoms with E-state index in [9.17, 15) is 4.79 Å². The first-order chi connectivity index (χ1) is 9.61. The van der Waals surface area contributed by atoms with Crippen LogP contribution in [0.4, 0.5) is 0 Å².